The van der Waals surface area contributed by atoms with Crippen molar-refractivity contribution in [2.24, 2.45) is 5.73 Å². The van der Waals surface area contributed by atoms with Crippen LogP contribution in [0.4, 0.5) is 0 Å². The highest BCUT2D eigenvalue weighted by molar-refractivity contribution is 5.83. The first-order valence-corrected chi connectivity index (χ1v) is 17.9. The maximum atomic E-state index is 12.3. The van der Waals surface area contributed by atoms with Gasteiger partial charge in [0.2, 0.25) is 0 Å². The van der Waals surface area contributed by atoms with Gasteiger partial charge in [0.1, 0.15) is 6.10 Å². The minimum absolute atomic E-state index is 0.236. The minimum Gasteiger partial charge on any atom is -0.387 e. The summed E-state index contributed by atoms with van der Waals surface area (Å²) < 4.78 is 0. The highest BCUT2D eigenvalue weighted by atomic mass is 16.3. The molecule has 0 aromatic rings. The third-order valence-corrected chi connectivity index (χ3v) is 8.42. The van der Waals surface area contributed by atoms with E-state index in [9.17, 15) is 15.0 Å². The first-order valence-electron chi connectivity index (χ1n) is 17.9. The van der Waals surface area contributed by atoms with Crippen LogP contribution < -0.4 is 5.73 Å². The van der Waals surface area contributed by atoms with Crippen LogP contribution in [-0.2, 0) is 4.79 Å². The summed E-state index contributed by atoms with van der Waals surface area (Å²) in [4.78, 5) is 12.3. The number of allylic oxidation sites excluding steroid dienone is 1. The fourth-order valence-electron chi connectivity index (χ4n) is 5.51. The average molecular weight is 566 g/mol. The van der Waals surface area contributed by atoms with Crippen molar-refractivity contribution in [3.63, 3.8) is 0 Å². The van der Waals surface area contributed by atoms with E-state index < -0.39 is 18.2 Å². The van der Waals surface area contributed by atoms with Crippen LogP contribution >= 0.6 is 0 Å². The number of aliphatic hydroxyl groups excluding tert-OH is 2. The van der Waals surface area contributed by atoms with Crippen molar-refractivity contribution < 1.29 is 15.0 Å². The molecule has 0 bridgehead atoms. The standard InChI is InChI=1S/C36H71NO3/c1-3-5-7-9-11-13-15-17-18-20-22-24-26-28-30-32-34(39)36(40)35(37)33(38)31-29-27-25-23-21-19-16-14-12-10-8-6-4-2/h29,31,33,35-36,38,40H,3-28,30,32,37H2,1-2H3/b31-29+. The van der Waals surface area contributed by atoms with E-state index in [2.05, 4.69) is 13.8 Å². The number of hydrogen-bond donors (Lipinski definition) is 3. The van der Waals surface area contributed by atoms with Gasteiger partial charge in [-0.1, -0.05) is 180 Å². The van der Waals surface area contributed by atoms with Crippen LogP contribution in [0.15, 0.2) is 12.2 Å². The third-order valence-electron chi connectivity index (χ3n) is 8.42. The Balaban J connectivity index is 3.62. The monoisotopic (exact) mass is 566 g/mol. The number of unbranched alkanes of at least 4 members (excludes halogenated alkanes) is 25. The number of nitrogens with two attached hydrogens (primary N) is 1. The summed E-state index contributed by atoms with van der Waals surface area (Å²) in [5.41, 5.74) is 5.99. The highest BCUT2D eigenvalue weighted by Gasteiger charge is 2.26. The van der Waals surface area contributed by atoms with E-state index in [1.807, 2.05) is 6.08 Å². The van der Waals surface area contributed by atoms with Crippen LogP contribution in [0.2, 0.25) is 0 Å². The molecule has 4 nitrogen and oxygen atoms in total. The van der Waals surface area contributed by atoms with Crippen LogP contribution in [0.5, 0.6) is 0 Å². The van der Waals surface area contributed by atoms with E-state index in [4.69, 9.17) is 5.73 Å². The number of rotatable bonds is 32. The Morgan fingerprint density at radius 2 is 0.875 bits per heavy atom. The maximum Gasteiger partial charge on any atom is 0.162 e. The SMILES string of the molecule is CCCCCCCCCCCCC/C=C/C(O)C(N)C(O)C(=O)CCCCCCCCCCCCCCCCC. The first-order chi connectivity index (χ1) is 19.5. The molecule has 0 aliphatic heterocycles. The smallest absolute Gasteiger partial charge is 0.162 e. The molecule has 0 heterocycles. The van der Waals surface area contributed by atoms with Crippen molar-refractivity contribution in [1.29, 1.82) is 0 Å². The molecule has 0 fully saturated rings. The Morgan fingerprint density at radius 3 is 1.25 bits per heavy atom. The molecule has 0 saturated heterocycles. The molecule has 4 heteroatoms. The lowest BCUT2D eigenvalue weighted by Gasteiger charge is -2.21. The van der Waals surface area contributed by atoms with Crippen molar-refractivity contribution in [2.75, 3.05) is 0 Å². The minimum atomic E-state index is -1.28. The summed E-state index contributed by atoms with van der Waals surface area (Å²) >= 11 is 0. The highest BCUT2D eigenvalue weighted by Crippen LogP contribution is 2.15. The van der Waals surface area contributed by atoms with Gasteiger partial charge in [-0.2, -0.15) is 0 Å². The summed E-state index contributed by atoms with van der Waals surface area (Å²) in [6.07, 6.45) is 36.4. The summed E-state index contributed by atoms with van der Waals surface area (Å²) in [6.45, 7) is 4.53. The second-order valence-electron chi connectivity index (χ2n) is 12.4. The average Bonchev–Trinajstić information content (AvgIpc) is 2.96. The van der Waals surface area contributed by atoms with Gasteiger partial charge in [-0.15, -0.1) is 0 Å². The Morgan fingerprint density at radius 1 is 0.550 bits per heavy atom. The molecule has 0 radical (unpaired) electrons. The Hall–Kier alpha value is -0.710. The Labute approximate surface area is 250 Å². The number of ketones is 1. The van der Waals surface area contributed by atoms with Crippen molar-refractivity contribution in [2.45, 2.75) is 212 Å². The van der Waals surface area contributed by atoms with E-state index in [1.165, 1.54) is 141 Å². The molecule has 0 aliphatic rings. The Bertz CT molecular complexity index is 550. The van der Waals surface area contributed by atoms with Gasteiger partial charge in [0.15, 0.2) is 5.78 Å². The fraction of sp³-hybridized carbons (Fsp3) is 0.917. The molecule has 238 valence electrons. The van der Waals surface area contributed by atoms with Gasteiger partial charge in [0.05, 0.1) is 12.1 Å². The molecule has 0 aromatic heterocycles. The first kappa shape index (κ1) is 39.3. The van der Waals surface area contributed by atoms with E-state index in [-0.39, 0.29) is 5.78 Å². The number of Topliss-reactive ketones (excluding diaryl/α,β-unsaturated/α-hetero) is 1. The lowest BCUT2D eigenvalue weighted by atomic mass is 9.97. The summed E-state index contributed by atoms with van der Waals surface area (Å²) in [5.74, 6) is -0.236. The number of hydrogen-bond acceptors (Lipinski definition) is 4. The van der Waals surface area contributed by atoms with E-state index >= 15 is 0 Å². The molecular weight excluding hydrogens is 494 g/mol. The van der Waals surface area contributed by atoms with Crippen LogP contribution in [0.3, 0.4) is 0 Å². The largest absolute Gasteiger partial charge is 0.387 e. The zero-order valence-corrected chi connectivity index (χ0v) is 27.1. The molecule has 3 atom stereocenters. The number of carbonyl (C=O) groups excluding carboxylic acids is 1. The predicted octanol–water partition coefficient (Wildman–Crippen LogP) is 10.1. The van der Waals surface area contributed by atoms with Gasteiger partial charge in [-0.05, 0) is 19.3 Å². The molecule has 0 saturated carbocycles. The maximum absolute atomic E-state index is 12.3. The van der Waals surface area contributed by atoms with E-state index in [0.717, 1.165) is 32.1 Å². The van der Waals surface area contributed by atoms with Gasteiger partial charge < -0.3 is 15.9 Å². The molecule has 0 rings (SSSR count). The van der Waals surface area contributed by atoms with Crippen LogP contribution in [0.25, 0.3) is 0 Å². The van der Waals surface area contributed by atoms with Gasteiger partial charge in [0.25, 0.3) is 0 Å². The quantitative estimate of drug-likeness (QED) is 0.0559. The second-order valence-corrected chi connectivity index (χ2v) is 12.4. The van der Waals surface area contributed by atoms with Gasteiger partial charge in [0, 0.05) is 6.42 Å². The number of carbonyl (C=O) groups is 1. The lowest BCUT2D eigenvalue weighted by Crippen LogP contribution is -2.47. The van der Waals surface area contributed by atoms with Crippen LogP contribution in [-0.4, -0.2) is 34.2 Å². The van der Waals surface area contributed by atoms with E-state index in [1.54, 1.807) is 6.08 Å². The van der Waals surface area contributed by atoms with Gasteiger partial charge in [-0.3, -0.25) is 4.79 Å². The molecule has 40 heavy (non-hydrogen) atoms. The summed E-state index contributed by atoms with van der Waals surface area (Å²) in [7, 11) is 0. The normalized spacial score (nSPS) is 14.1. The van der Waals surface area contributed by atoms with Crippen molar-refractivity contribution in [1.82, 2.24) is 0 Å². The molecule has 3 unspecified atom stereocenters. The molecule has 0 spiro atoms. The van der Waals surface area contributed by atoms with Crippen molar-refractivity contribution in [3.8, 4) is 0 Å². The molecule has 0 aliphatic carbocycles. The lowest BCUT2D eigenvalue weighted by molar-refractivity contribution is -0.129. The Kier molecular flexibility index (Phi) is 30.7. The van der Waals surface area contributed by atoms with Crippen molar-refractivity contribution >= 4 is 5.78 Å². The molecule has 0 amide bonds. The fourth-order valence-corrected chi connectivity index (χ4v) is 5.51. The molecule has 0 aromatic carbocycles. The van der Waals surface area contributed by atoms with E-state index in [0.29, 0.717) is 6.42 Å². The zero-order valence-electron chi connectivity index (χ0n) is 27.1. The molecule has 4 N–H and O–H groups in total. The van der Waals surface area contributed by atoms with Gasteiger partial charge >= 0.3 is 0 Å². The molecular formula is C36H71NO3. The topological polar surface area (TPSA) is 83.6 Å². The summed E-state index contributed by atoms with van der Waals surface area (Å²) in [5, 5.41) is 20.6. The second kappa shape index (κ2) is 31.2. The van der Waals surface area contributed by atoms with Crippen molar-refractivity contribution in [3.05, 3.63) is 12.2 Å². The number of aliphatic hydroxyl groups is 2. The predicted molar refractivity (Wildman–Crippen MR) is 175 cm³/mol. The zero-order chi connectivity index (χ0) is 29.5. The summed E-state index contributed by atoms with van der Waals surface area (Å²) in [6, 6.07) is -0.947. The van der Waals surface area contributed by atoms with Crippen LogP contribution in [0, 0.1) is 0 Å². The van der Waals surface area contributed by atoms with Crippen LogP contribution in [0.1, 0.15) is 194 Å². The van der Waals surface area contributed by atoms with Gasteiger partial charge in [-0.25, -0.2) is 0 Å². The third kappa shape index (κ3) is 26.2.